The zero-order valence-electron chi connectivity index (χ0n) is 19.7. The van der Waals surface area contributed by atoms with Crippen LogP contribution in [0.2, 0.25) is 0 Å². The van der Waals surface area contributed by atoms with Crippen LogP contribution in [-0.2, 0) is 23.8 Å². The van der Waals surface area contributed by atoms with E-state index in [0.29, 0.717) is 6.42 Å². The van der Waals surface area contributed by atoms with E-state index in [1.807, 2.05) is 40.7 Å². The summed E-state index contributed by atoms with van der Waals surface area (Å²) in [4.78, 5) is 26.1. The minimum atomic E-state index is -0.843. The lowest BCUT2D eigenvalue weighted by Crippen LogP contribution is -2.47. The Bertz CT molecular complexity index is 631. The number of cyclic esters (lactones) is 1. The van der Waals surface area contributed by atoms with Gasteiger partial charge in [-0.3, -0.25) is 9.59 Å². The number of hydrogen-bond acceptors (Lipinski definition) is 5. The molecule has 29 heavy (non-hydrogen) atoms. The number of carbonyl (C=O) groups excluding carboxylic acids is 2. The molecule has 1 aliphatic rings. The van der Waals surface area contributed by atoms with Crippen LogP contribution in [0.15, 0.2) is 23.3 Å². The maximum absolute atomic E-state index is 13.4. The number of esters is 1. The Morgan fingerprint density at radius 3 is 2.31 bits per heavy atom. The topological polar surface area (TPSA) is 61.8 Å². The van der Waals surface area contributed by atoms with Gasteiger partial charge in [-0.25, -0.2) is 0 Å². The van der Waals surface area contributed by atoms with Gasteiger partial charge in [0.25, 0.3) is 0 Å². The highest BCUT2D eigenvalue weighted by atomic mass is 16.5. The number of methoxy groups -OCH3 is 2. The smallest absolute Gasteiger partial charge is 0.309 e. The molecule has 0 saturated carbocycles. The number of rotatable bonds is 3. The van der Waals surface area contributed by atoms with Gasteiger partial charge in [0.15, 0.2) is 0 Å². The molecule has 0 aliphatic carbocycles. The molecule has 5 nitrogen and oxygen atoms in total. The van der Waals surface area contributed by atoms with E-state index >= 15 is 0 Å². The summed E-state index contributed by atoms with van der Waals surface area (Å²) >= 11 is 0. The third kappa shape index (κ3) is 6.51. The van der Waals surface area contributed by atoms with Gasteiger partial charge >= 0.3 is 5.97 Å². The van der Waals surface area contributed by atoms with Crippen LogP contribution in [0.5, 0.6) is 0 Å². The standard InChI is InChI=1S/C24H40O5/c1-10-16(3)19-12-11-15(2)13-17(4)22(28-9)18(5)23(26)24(6,7)20(27-8)14-21(25)29-19/h10-11,17-20,22H,12-14H2,1-9H3/b15-11-,16-10+/t17-,18+,19-,20?,22?/m0/s1. The number of hydrogen-bond donors (Lipinski definition) is 0. The normalized spacial score (nSPS) is 34.7. The van der Waals surface area contributed by atoms with Crippen molar-refractivity contribution < 1.29 is 23.8 Å². The fraction of sp³-hybridized carbons (Fsp3) is 0.750. The number of allylic oxidation sites excluding steroid dienone is 2. The van der Waals surface area contributed by atoms with Crippen molar-refractivity contribution in [2.24, 2.45) is 17.3 Å². The molecule has 1 heterocycles. The highest BCUT2D eigenvalue weighted by Gasteiger charge is 2.43. The third-order valence-corrected chi connectivity index (χ3v) is 6.38. The maximum Gasteiger partial charge on any atom is 0.309 e. The Morgan fingerprint density at radius 1 is 1.17 bits per heavy atom. The second-order valence-electron chi connectivity index (χ2n) is 8.98. The van der Waals surface area contributed by atoms with Gasteiger partial charge < -0.3 is 14.2 Å². The molecule has 0 bridgehead atoms. The quantitative estimate of drug-likeness (QED) is 0.491. The molecule has 0 radical (unpaired) electrons. The molecule has 1 rings (SSSR count). The Labute approximate surface area is 176 Å². The largest absolute Gasteiger partial charge is 0.457 e. The molecular formula is C24H40O5. The van der Waals surface area contributed by atoms with Crippen LogP contribution in [0.25, 0.3) is 0 Å². The minimum absolute atomic E-state index is 0.0331. The molecule has 0 spiro atoms. The SMILES string of the molecule is C/C=C(\C)[C@@H]1C/C=C(/C)C[C@H](C)C(OC)[C@@H](C)C(=O)C(C)(C)C(OC)CC(=O)O1. The second-order valence-corrected chi connectivity index (χ2v) is 8.98. The molecule has 0 saturated heterocycles. The zero-order chi connectivity index (χ0) is 22.4. The molecule has 5 heteroatoms. The average Bonchev–Trinajstić information content (AvgIpc) is 2.67. The minimum Gasteiger partial charge on any atom is -0.457 e. The first kappa shape index (κ1) is 25.6. The molecule has 0 N–H and O–H groups in total. The summed E-state index contributed by atoms with van der Waals surface area (Å²) < 4.78 is 17.2. The Hall–Kier alpha value is -1.46. The Morgan fingerprint density at radius 2 is 1.79 bits per heavy atom. The van der Waals surface area contributed by atoms with Crippen LogP contribution in [0, 0.1) is 17.3 Å². The van der Waals surface area contributed by atoms with Gasteiger partial charge in [-0.2, -0.15) is 0 Å². The lowest BCUT2D eigenvalue weighted by molar-refractivity contribution is -0.156. The van der Waals surface area contributed by atoms with E-state index < -0.39 is 11.5 Å². The predicted molar refractivity (Wildman–Crippen MR) is 116 cm³/mol. The first-order valence-corrected chi connectivity index (χ1v) is 10.6. The zero-order valence-corrected chi connectivity index (χ0v) is 19.7. The molecule has 5 atom stereocenters. The third-order valence-electron chi connectivity index (χ3n) is 6.38. The molecule has 0 aromatic rings. The molecule has 0 fully saturated rings. The average molecular weight is 409 g/mol. The van der Waals surface area contributed by atoms with Gasteiger partial charge in [0.1, 0.15) is 11.9 Å². The van der Waals surface area contributed by atoms with Crippen LogP contribution >= 0.6 is 0 Å². The fourth-order valence-electron chi connectivity index (χ4n) is 4.34. The van der Waals surface area contributed by atoms with Gasteiger partial charge in [0.05, 0.1) is 24.0 Å². The van der Waals surface area contributed by atoms with Crippen molar-refractivity contribution in [3.63, 3.8) is 0 Å². The number of carbonyl (C=O) groups is 2. The fourth-order valence-corrected chi connectivity index (χ4v) is 4.34. The summed E-state index contributed by atoms with van der Waals surface area (Å²) in [7, 11) is 3.20. The van der Waals surface area contributed by atoms with E-state index in [1.165, 1.54) is 12.7 Å². The lowest BCUT2D eigenvalue weighted by atomic mass is 9.72. The van der Waals surface area contributed by atoms with E-state index in [0.717, 1.165) is 12.0 Å². The lowest BCUT2D eigenvalue weighted by Gasteiger charge is -2.37. The van der Waals surface area contributed by atoms with Gasteiger partial charge in [-0.1, -0.05) is 45.4 Å². The van der Waals surface area contributed by atoms with Crippen LogP contribution < -0.4 is 0 Å². The summed E-state index contributed by atoms with van der Waals surface area (Å²) in [6.07, 6.45) is 4.50. The van der Waals surface area contributed by atoms with E-state index in [-0.39, 0.29) is 42.2 Å². The maximum atomic E-state index is 13.4. The number of ether oxygens (including phenoxy) is 3. The van der Waals surface area contributed by atoms with E-state index in [1.54, 1.807) is 7.11 Å². The van der Waals surface area contributed by atoms with E-state index in [9.17, 15) is 9.59 Å². The summed E-state index contributed by atoms with van der Waals surface area (Å²) in [6.45, 7) is 13.7. The van der Waals surface area contributed by atoms with Crippen molar-refractivity contribution in [3.8, 4) is 0 Å². The highest BCUT2D eigenvalue weighted by Crippen LogP contribution is 2.34. The van der Waals surface area contributed by atoms with Crippen LogP contribution in [0.4, 0.5) is 0 Å². The van der Waals surface area contributed by atoms with Crippen LogP contribution in [0.3, 0.4) is 0 Å². The monoisotopic (exact) mass is 408 g/mol. The first-order chi connectivity index (χ1) is 13.5. The van der Waals surface area contributed by atoms with Gasteiger partial charge in [-0.15, -0.1) is 0 Å². The molecular weight excluding hydrogens is 368 g/mol. The molecule has 0 aromatic heterocycles. The molecule has 166 valence electrons. The number of Topliss-reactive ketones (excluding diaryl/α,β-unsaturated/α-hetero) is 1. The summed E-state index contributed by atoms with van der Waals surface area (Å²) in [5.41, 5.74) is 1.37. The van der Waals surface area contributed by atoms with Crippen molar-refractivity contribution in [2.75, 3.05) is 14.2 Å². The first-order valence-electron chi connectivity index (χ1n) is 10.6. The summed E-state index contributed by atoms with van der Waals surface area (Å²) in [5.74, 6) is -0.446. The van der Waals surface area contributed by atoms with Gasteiger partial charge in [0.2, 0.25) is 0 Å². The van der Waals surface area contributed by atoms with Crippen molar-refractivity contribution in [1.82, 2.24) is 0 Å². The van der Waals surface area contributed by atoms with Gasteiger partial charge in [-0.05, 0) is 38.7 Å². The Kier molecular flexibility index (Phi) is 9.77. The number of ketones is 1. The van der Waals surface area contributed by atoms with Crippen molar-refractivity contribution in [2.45, 2.75) is 86.0 Å². The molecule has 0 aromatic carbocycles. The predicted octanol–water partition coefficient (Wildman–Crippen LogP) is 4.89. The van der Waals surface area contributed by atoms with Crippen molar-refractivity contribution >= 4 is 11.8 Å². The molecule has 2 unspecified atom stereocenters. The van der Waals surface area contributed by atoms with Crippen LogP contribution in [0.1, 0.15) is 67.7 Å². The highest BCUT2D eigenvalue weighted by molar-refractivity contribution is 5.88. The van der Waals surface area contributed by atoms with E-state index in [4.69, 9.17) is 14.2 Å². The van der Waals surface area contributed by atoms with Crippen LogP contribution in [-0.4, -0.2) is 44.3 Å². The molecule has 1 aliphatic heterocycles. The van der Waals surface area contributed by atoms with Crippen molar-refractivity contribution in [3.05, 3.63) is 23.3 Å². The van der Waals surface area contributed by atoms with E-state index in [2.05, 4.69) is 19.9 Å². The summed E-state index contributed by atoms with van der Waals surface area (Å²) in [5, 5.41) is 0. The Balaban J connectivity index is 3.37. The molecule has 0 amide bonds. The van der Waals surface area contributed by atoms with Gasteiger partial charge in [0, 0.05) is 26.6 Å². The van der Waals surface area contributed by atoms with Crippen molar-refractivity contribution in [1.29, 1.82) is 0 Å². The second kappa shape index (κ2) is 11.1. The summed E-state index contributed by atoms with van der Waals surface area (Å²) in [6, 6.07) is 0.